The second-order valence-electron chi connectivity index (χ2n) is 8.01. The van der Waals surface area contributed by atoms with Crippen LogP contribution in [-0.4, -0.2) is 20.5 Å². The van der Waals surface area contributed by atoms with Gasteiger partial charge in [-0.1, -0.05) is 26.0 Å². The van der Waals surface area contributed by atoms with Crippen LogP contribution in [0.2, 0.25) is 0 Å². The molecule has 2 atom stereocenters. The molecule has 2 aliphatic rings. The third-order valence-corrected chi connectivity index (χ3v) is 7.40. The zero-order valence-electron chi connectivity index (χ0n) is 15.9. The van der Waals surface area contributed by atoms with E-state index in [-0.39, 0.29) is 22.9 Å². The molecule has 0 aliphatic heterocycles. The van der Waals surface area contributed by atoms with E-state index < -0.39 is 38.9 Å². The van der Waals surface area contributed by atoms with Crippen LogP contribution >= 0.6 is 0 Å². The average Bonchev–Trinajstić information content (AvgIpc) is 2.95. The van der Waals surface area contributed by atoms with Gasteiger partial charge < -0.3 is 11.5 Å². The van der Waals surface area contributed by atoms with E-state index in [1.807, 2.05) is 0 Å². The van der Waals surface area contributed by atoms with E-state index in [2.05, 4.69) is 4.18 Å². The van der Waals surface area contributed by atoms with Crippen molar-refractivity contribution in [3.63, 3.8) is 0 Å². The smallest absolute Gasteiger partial charge is 0.401 e. The number of allylic oxidation sites excluding steroid dienone is 2. The number of nitrogens with two attached hydrogens (primary N) is 2. The van der Waals surface area contributed by atoms with Gasteiger partial charge in [-0.2, -0.15) is 21.6 Å². The van der Waals surface area contributed by atoms with E-state index in [9.17, 15) is 26.0 Å². The van der Waals surface area contributed by atoms with E-state index in [4.69, 9.17) is 11.5 Å². The Hall–Kier alpha value is -2.07. The summed E-state index contributed by atoms with van der Waals surface area (Å²) in [4.78, 5) is 0. The average molecular weight is 434 g/mol. The molecule has 1 unspecified atom stereocenters. The molecule has 5 nitrogen and oxygen atoms in total. The van der Waals surface area contributed by atoms with Crippen molar-refractivity contribution in [3.8, 4) is 0 Å². The molecule has 3 rings (SSSR count). The predicted octanol–water partition coefficient (Wildman–Crippen LogP) is 3.64. The lowest BCUT2D eigenvalue weighted by Gasteiger charge is -2.38. The van der Waals surface area contributed by atoms with Gasteiger partial charge in [0.2, 0.25) is 0 Å². The highest BCUT2D eigenvalue weighted by Gasteiger charge is 2.63. The molecule has 1 fully saturated rings. The normalized spacial score (nSPS) is 27.0. The molecule has 1 saturated carbocycles. The fourth-order valence-corrected chi connectivity index (χ4v) is 5.09. The molecule has 0 aromatic heterocycles. The van der Waals surface area contributed by atoms with Crippen LogP contribution in [0.3, 0.4) is 0 Å². The Morgan fingerprint density at radius 2 is 1.93 bits per heavy atom. The lowest BCUT2D eigenvalue weighted by Crippen LogP contribution is -2.42. The Morgan fingerprint density at radius 3 is 2.52 bits per heavy atom. The standard InChI is InChI=1S/C19H22F4N2O3S/c1-17(2)13-7-8-18(17,10-28-29(26,27)19(21,22)23)16(25)12(13)9-15(24)11-5-3-4-6-14(11)20/h3-6,9,13H,7-8,10,24-25H2,1-2H3/b15-9-/t13?,18-/m0/s1. The molecule has 0 radical (unpaired) electrons. The van der Waals surface area contributed by atoms with Crippen molar-refractivity contribution in [2.75, 3.05) is 6.61 Å². The lowest BCUT2D eigenvalue weighted by atomic mass is 9.68. The highest BCUT2D eigenvalue weighted by molar-refractivity contribution is 7.87. The highest BCUT2D eigenvalue weighted by atomic mass is 32.2. The summed E-state index contributed by atoms with van der Waals surface area (Å²) >= 11 is 0. The van der Waals surface area contributed by atoms with Gasteiger partial charge in [0.15, 0.2) is 0 Å². The van der Waals surface area contributed by atoms with Crippen molar-refractivity contribution in [2.24, 2.45) is 28.2 Å². The van der Waals surface area contributed by atoms with Crippen LogP contribution in [0.25, 0.3) is 5.70 Å². The molecular weight excluding hydrogens is 412 g/mol. The van der Waals surface area contributed by atoms with Gasteiger partial charge in [-0.3, -0.25) is 4.18 Å². The number of alkyl halides is 3. The van der Waals surface area contributed by atoms with Gasteiger partial charge in [0, 0.05) is 22.4 Å². The number of benzene rings is 1. The first-order valence-electron chi connectivity index (χ1n) is 8.92. The van der Waals surface area contributed by atoms with Gasteiger partial charge in [-0.25, -0.2) is 4.39 Å². The molecule has 10 heteroatoms. The minimum Gasteiger partial charge on any atom is -0.401 e. The zero-order chi connectivity index (χ0) is 21.8. The van der Waals surface area contributed by atoms with E-state index in [1.54, 1.807) is 19.9 Å². The van der Waals surface area contributed by atoms with Crippen LogP contribution in [0.15, 0.2) is 41.6 Å². The molecule has 1 aromatic rings. The zero-order valence-corrected chi connectivity index (χ0v) is 16.7. The van der Waals surface area contributed by atoms with Crippen molar-refractivity contribution < 1.29 is 30.2 Å². The monoisotopic (exact) mass is 434 g/mol. The molecule has 1 aromatic carbocycles. The largest absolute Gasteiger partial charge is 0.523 e. The molecule has 0 spiro atoms. The van der Waals surface area contributed by atoms with E-state index in [1.165, 1.54) is 24.3 Å². The Bertz CT molecular complexity index is 999. The van der Waals surface area contributed by atoms with Gasteiger partial charge in [0.05, 0.1) is 6.61 Å². The summed E-state index contributed by atoms with van der Waals surface area (Å²) in [5, 5.41) is 0. The lowest BCUT2D eigenvalue weighted by molar-refractivity contribution is -0.0580. The SMILES string of the molecule is CC1(C)C2CC[C@]1(COS(=O)(=O)C(F)(F)F)C(N)=C2/C=C(\N)c1ccccc1F. The predicted molar refractivity (Wildman–Crippen MR) is 99.6 cm³/mol. The molecule has 4 N–H and O–H groups in total. The Morgan fingerprint density at radius 1 is 1.31 bits per heavy atom. The van der Waals surface area contributed by atoms with E-state index >= 15 is 0 Å². The summed E-state index contributed by atoms with van der Waals surface area (Å²) in [5.41, 5.74) is 6.20. The molecule has 0 saturated heterocycles. The number of halogens is 4. The molecular formula is C19H22F4N2O3S. The summed E-state index contributed by atoms with van der Waals surface area (Å²) in [6, 6.07) is 5.91. The summed E-state index contributed by atoms with van der Waals surface area (Å²) in [6.07, 6.45) is 2.47. The fourth-order valence-electron chi connectivity index (χ4n) is 4.60. The van der Waals surface area contributed by atoms with Crippen LogP contribution in [0.1, 0.15) is 32.3 Å². The molecule has 160 valence electrons. The highest BCUT2D eigenvalue weighted by Crippen LogP contribution is 2.67. The first-order chi connectivity index (χ1) is 13.2. The quantitative estimate of drug-likeness (QED) is 0.419. The summed E-state index contributed by atoms with van der Waals surface area (Å²) in [7, 11) is -5.75. The van der Waals surface area contributed by atoms with Gasteiger partial charge in [-0.15, -0.1) is 0 Å². The molecule has 2 aliphatic carbocycles. The van der Waals surface area contributed by atoms with Crippen molar-refractivity contribution in [3.05, 3.63) is 53.0 Å². The van der Waals surface area contributed by atoms with Gasteiger partial charge in [0.25, 0.3) is 0 Å². The Balaban J connectivity index is 2.00. The third-order valence-electron chi connectivity index (χ3n) is 6.41. The minimum absolute atomic E-state index is 0.128. The number of rotatable bonds is 5. The van der Waals surface area contributed by atoms with Crippen LogP contribution < -0.4 is 11.5 Å². The topological polar surface area (TPSA) is 95.4 Å². The molecule has 0 amide bonds. The van der Waals surface area contributed by atoms with Crippen LogP contribution in [0.4, 0.5) is 17.6 Å². The van der Waals surface area contributed by atoms with Crippen molar-refractivity contribution in [1.29, 1.82) is 0 Å². The summed E-state index contributed by atoms with van der Waals surface area (Å²) in [5.74, 6) is -0.692. The maximum atomic E-state index is 14.0. The van der Waals surface area contributed by atoms with Crippen LogP contribution in [-0.2, 0) is 14.3 Å². The number of hydrogen-bond acceptors (Lipinski definition) is 5. The maximum absolute atomic E-state index is 14.0. The fraction of sp³-hybridized carbons (Fsp3) is 0.474. The third kappa shape index (κ3) is 3.22. The van der Waals surface area contributed by atoms with Gasteiger partial charge in [-0.05, 0) is 48.0 Å². The summed E-state index contributed by atoms with van der Waals surface area (Å²) < 4.78 is 79.3. The summed E-state index contributed by atoms with van der Waals surface area (Å²) in [6.45, 7) is 2.89. The van der Waals surface area contributed by atoms with Crippen LogP contribution in [0.5, 0.6) is 0 Å². The van der Waals surface area contributed by atoms with E-state index in [0.29, 0.717) is 18.4 Å². The van der Waals surface area contributed by atoms with Gasteiger partial charge in [0.1, 0.15) is 5.82 Å². The number of hydrogen-bond donors (Lipinski definition) is 2. The second-order valence-corrected chi connectivity index (χ2v) is 9.61. The Kier molecular flexibility index (Phi) is 5.02. The second kappa shape index (κ2) is 6.73. The molecule has 2 bridgehead atoms. The molecule has 29 heavy (non-hydrogen) atoms. The first-order valence-corrected chi connectivity index (χ1v) is 10.3. The van der Waals surface area contributed by atoms with Crippen molar-refractivity contribution in [2.45, 2.75) is 32.2 Å². The maximum Gasteiger partial charge on any atom is 0.523 e. The Labute approximate surface area is 166 Å². The minimum atomic E-state index is -5.75. The van der Waals surface area contributed by atoms with Crippen LogP contribution in [0, 0.1) is 22.6 Å². The van der Waals surface area contributed by atoms with Gasteiger partial charge >= 0.3 is 15.6 Å². The van der Waals surface area contributed by atoms with Crippen molar-refractivity contribution >= 4 is 15.8 Å². The van der Waals surface area contributed by atoms with Crippen molar-refractivity contribution in [1.82, 2.24) is 0 Å². The first kappa shape index (κ1) is 21.6. The number of fused-ring (bicyclic) bond motifs is 2. The molecule has 0 heterocycles. The van der Waals surface area contributed by atoms with E-state index in [0.717, 1.165) is 0 Å².